The van der Waals surface area contributed by atoms with E-state index in [1.165, 1.54) is 24.3 Å². The van der Waals surface area contributed by atoms with Crippen molar-refractivity contribution in [1.29, 1.82) is 0 Å². The molecule has 1 atom stereocenters. The van der Waals surface area contributed by atoms with Gasteiger partial charge in [-0.2, -0.15) is 0 Å². The predicted molar refractivity (Wildman–Crippen MR) is 79.9 cm³/mol. The van der Waals surface area contributed by atoms with Crippen LogP contribution in [0.3, 0.4) is 0 Å². The molecule has 21 heavy (non-hydrogen) atoms. The van der Waals surface area contributed by atoms with Crippen LogP contribution in [0, 0.1) is 5.82 Å². The molecule has 0 aliphatic rings. The van der Waals surface area contributed by atoms with Crippen LogP contribution in [0.15, 0.2) is 48.5 Å². The van der Waals surface area contributed by atoms with E-state index in [1.54, 1.807) is 0 Å². The smallest absolute Gasteiger partial charge is 0.137 e. The zero-order chi connectivity index (χ0) is 15.1. The molecule has 0 amide bonds. The molecule has 0 spiro atoms. The molecular formula is C16H18ClFNO2+. The molecule has 0 aromatic heterocycles. The molecule has 0 aliphatic carbocycles. The van der Waals surface area contributed by atoms with Crippen LogP contribution in [0.5, 0.6) is 5.75 Å². The van der Waals surface area contributed by atoms with Gasteiger partial charge in [0.15, 0.2) is 0 Å². The van der Waals surface area contributed by atoms with Crippen LogP contribution in [0.4, 0.5) is 4.39 Å². The highest BCUT2D eigenvalue weighted by atomic mass is 35.5. The van der Waals surface area contributed by atoms with Crippen LogP contribution >= 0.6 is 11.6 Å². The fourth-order valence-electron chi connectivity index (χ4n) is 1.89. The highest BCUT2D eigenvalue weighted by Gasteiger charge is 2.08. The Kier molecular flexibility index (Phi) is 5.99. The molecule has 5 heteroatoms. The molecule has 2 aromatic rings. The Balaban J connectivity index is 1.69. The lowest BCUT2D eigenvalue weighted by molar-refractivity contribution is -0.676. The third-order valence-corrected chi connectivity index (χ3v) is 3.39. The van der Waals surface area contributed by atoms with Gasteiger partial charge in [0, 0.05) is 10.6 Å². The van der Waals surface area contributed by atoms with E-state index >= 15 is 0 Å². The summed E-state index contributed by atoms with van der Waals surface area (Å²) in [6.45, 7) is 1.38. The minimum atomic E-state index is -0.599. The Morgan fingerprint density at radius 3 is 2.57 bits per heavy atom. The quantitative estimate of drug-likeness (QED) is 0.821. The number of nitrogens with two attached hydrogens (primary N) is 1. The zero-order valence-electron chi connectivity index (χ0n) is 11.5. The first-order valence-electron chi connectivity index (χ1n) is 6.76. The minimum absolute atomic E-state index is 0.171. The molecule has 0 saturated carbocycles. The standard InChI is InChI=1S/C16H17ClFNO2/c17-16-4-2-1-3-12(16)9-19-10-14(20)11-21-15-7-5-13(18)6-8-15/h1-8,14,19-20H,9-11H2/p+1/t14-/m1/s1. The van der Waals surface area contributed by atoms with Gasteiger partial charge < -0.3 is 15.2 Å². The van der Waals surface area contributed by atoms with Crippen LogP contribution < -0.4 is 10.1 Å². The number of aliphatic hydroxyl groups is 1. The van der Waals surface area contributed by atoms with Crippen LogP contribution in [0.2, 0.25) is 5.02 Å². The van der Waals surface area contributed by atoms with E-state index in [9.17, 15) is 9.50 Å². The average molecular weight is 311 g/mol. The summed E-state index contributed by atoms with van der Waals surface area (Å²) in [6, 6.07) is 13.3. The number of rotatable bonds is 7. The van der Waals surface area contributed by atoms with Crippen molar-refractivity contribution >= 4 is 11.6 Å². The summed E-state index contributed by atoms with van der Waals surface area (Å²) >= 11 is 6.06. The number of benzene rings is 2. The zero-order valence-corrected chi connectivity index (χ0v) is 12.3. The van der Waals surface area contributed by atoms with Crippen LogP contribution in [-0.2, 0) is 6.54 Å². The van der Waals surface area contributed by atoms with Gasteiger partial charge in [0.05, 0.1) is 0 Å². The van der Waals surface area contributed by atoms with Gasteiger partial charge in [0.1, 0.15) is 37.4 Å². The van der Waals surface area contributed by atoms with Crippen molar-refractivity contribution in [3.8, 4) is 5.75 Å². The Bertz CT molecular complexity index is 562. The summed E-state index contributed by atoms with van der Waals surface area (Å²) in [6.07, 6.45) is -0.599. The molecule has 112 valence electrons. The maximum absolute atomic E-state index is 12.7. The maximum atomic E-state index is 12.7. The van der Waals surface area contributed by atoms with Gasteiger partial charge in [0.25, 0.3) is 0 Å². The van der Waals surface area contributed by atoms with Gasteiger partial charge in [-0.1, -0.05) is 29.8 Å². The van der Waals surface area contributed by atoms with E-state index in [1.807, 2.05) is 29.6 Å². The summed E-state index contributed by atoms with van der Waals surface area (Å²) in [7, 11) is 0. The fourth-order valence-corrected chi connectivity index (χ4v) is 2.10. The highest BCUT2D eigenvalue weighted by molar-refractivity contribution is 6.31. The normalized spacial score (nSPS) is 12.1. The second kappa shape index (κ2) is 7.98. The Labute approximate surface area is 128 Å². The average Bonchev–Trinajstić information content (AvgIpc) is 2.49. The summed E-state index contributed by atoms with van der Waals surface area (Å²) in [4.78, 5) is 0. The molecule has 3 N–H and O–H groups in total. The second-order valence-corrected chi connectivity index (χ2v) is 5.15. The summed E-state index contributed by atoms with van der Waals surface area (Å²) in [5.74, 6) is 0.234. The number of hydrogen-bond acceptors (Lipinski definition) is 2. The number of hydrogen-bond donors (Lipinski definition) is 2. The van der Waals surface area contributed by atoms with Crippen molar-refractivity contribution in [3.63, 3.8) is 0 Å². The monoisotopic (exact) mass is 310 g/mol. The van der Waals surface area contributed by atoms with Crippen molar-refractivity contribution in [2.45, 2.75) is 12.6 Å². The summed E-state index contributed by atoms with van der Waals surface area (Å²) < 4.78 is 18.1. The van der Waals surface area contributed by atoms with E-state index in [0.717, 1.165) is 10.6 Å². The predicted octanol–water partition coefficient (Wildman–Crippen LogP) is 1.98. The fraction of sp³-hybridized carbons (Fsp3) is 0.250. The molecule has 0 unspecified atom stereocenters. The van der Waals surface area contributed by atoms with E-state index in [0.29, 0.717) is 18.8 Å². The van der Waals surface area contributed by atoms with Gasteiger partial charge in [0.2, 0.25) is 0 Å². The molecule has 0 heterocycles. The van der Waals surface area contributed by atoms with E-state index < -0.39 is 6.10 Å². The topological polar surface area (TPSA) is 46.1 Å². The number of halogens is 2. The number of quaternary nitrogens is 1. The van der Waals surface area contributed by atoms with Crippen LogP contribution in [0.25, 0.3) is 0 Å². The van der Waals surface area contributed by atoms with Gasteiger partial charge in [-0.25, -0.2) is 4.39 Å². The molecular weight excluding hydrogens is 293 g/mol. The molecule has 2 rings (SSSR count). The lowest BCUT2D eigenvalue weighted by Gasteiger charge is -2.11. The summed E-state index contributed by atoms with van der Waals surface area (Å²) in [5.41, 5.74) is 1.03. The summed E-state index contributed by atoms with van der Waals surface area (Å²) in [5, 5.41) is 12.5. The van der Waals surface area contributed by atoms with Gasteiger partial charge >= 0.3 is 0 Å². The molecule has 0 saturated heterocycles. The number of ether oxygens (including phenoxy) is 1. The third kappa shape index (κ3) is 5.34. The highest BCUT2D eigenvalue weighted by Crippen LogP contribution is 2.13. The van der Waals surface area contributed by atoms with Crippen LogP contribution in [-0.4, -0.2) is 24.4 Å². The van der Waals surface area contributed by atoms with E-state index in [4.69, 9.17) is 16.3 Å². The molecule has 3 nitrogen and oxygen atoms in total. The van der Waals surface area contributed by atoms with Gasteiger partial charge in [-0.15, -0.1) is 0 Å². The second-order valence-electron chi connectivity index (χ2n) is 4.74. The Hall–Kier alpha value is -1.62. The van der Waals surface area contributed by atoms with Crippen molar-refractivity contribution in [1.82, 2.24) is 0 Å². The van der Waals surface area contributed by atoms with Crippen molar-refractivity contribution in [3.05, 3.63) is 64.9 Å². The van der Waals surface area contributed by atoms with E-state index in [-0.39, 0.29) is 12.4 Å². The van der Waals surface area contributed by atoms with Crippen molar-refractivity contribution < 1.29 is 19.6 Å². The third-order valence-electron chi connectivity index (χ3n) is 3.02. The Morgan fingerprint density at radius 2 is 1.86 bits per heavy atom. The SMILES string of the molecule is O[C@H](C[NH2+]Cc1ccccc1Cl)COc1ccc(F)cc1. The first-order chi connectivity index (χ1) is 10.1. The molecule has 2 aromatic carbocycles. The van der Waals surface area contributed by atoms with Crippen molar-refractivity contribution in [2.24, 2.45) is 0 Å². The van der Waals surface area contributed by atoms with Gasteiger partial charge in [-0.05, 0) is 30.3 Å². The minimum Gasteiger partial charge on any atom is -0.491 e. The largest absolute Gasteiger partial charge is 0.491 e. The van der Waals surface area contributed by atoms with Gasteiger partial charge in [-0.3, -0.25) is 0 Å². The molecule has 0 fully saturated rings. The lowest BCUT2D eigenvalue weighted by atomic mass is 10.2. The van der Waals surface area contributed by atoms with E-state index in [2.05, 4.69) is 0 Å². The number of aliphatic hydroxyl groups excluding tert-OH is 1. The maximum Gasteiger partial charge on any atom is 0.137 e. The molecule has 0 radical (unpaired) electrons. The molecule has 0 aliphatic heterocycles. The first kappa shape index (κ1) is 15.8. The first-order valence-corrected chi connectivity index (χ1v) is 7.14. The van der Waals surface area contributed by atoms with Crippen molar-refractivity contribution in [2.75, 3.05) is 13.2 Å². The van der Waals surface area contributed by atoms with Crippen LogP contribution in [0.1, 0.15) is 5.56 Å². The Morgan fingerprint density at radius 1 is 1.14 bits per heavy atom. The molecule has 0 bridgehead atoms. The lowest BCUT2D eigenvalue weighted by Crippen LogP contribution is -2.85.